The van der Waals surface area contributed by atoms with E-state index in [-0.39, 0.29) is 30.7 Å². The highest BCUT2D eigenvalue weighted by molar-refractivity contribution is 7.14. The Hall–Kier alpha value is -2.87. The van der Waals surface area contributed by atoms with Crippen LogP contribution in [0.15, 0.2) is 30.3 Å². The maximum absolute atomic E-state index is 12.5. The van der Waals surface area contributed by atoms with Crippen LogP contribution in [0.25, 0.3) is 0 Å². The van der Waals surface area contributed by atoms with Crippen molar-refractivity contribution in [2.75, 3.05) is 11.4 Å². The van der Waals surface area contributed by atoms with Crippen LogP contribution in [0.2, 0.25) is 0 Å². The molecule has 0 bridgehead atoms. The second kappa shape index (κ2) is 8.47. The number of ether oxygens (including phenoxy) is 1. The molecule has 1 aromatic heterocycles. The molecule has 1 aromatic carbocycles. The number of amides is 3. The van der Waals surface area contributed by atoms with Crippen LogP contribution in [0.5, 0.6) is 5.75 Å². The number of rotatable bonds is 4. The van der Waals surface area contributed by atoms with Gasteiger partial charge in [0.05, 0.1) is 10.6 Å². The minimum atomic E-state index is -0.602. The van der Waals surface area contributed by atoms with Crippen LogP contribution in [0, 0.1) is 5.92 Å². The molecule has 0 saturated carbocycles. The van der Waals surface area contributed by atoms with E-state index in [4.69, 9.17) is 4.74 Å². The lowest BCUT2D eigenvalue weighted by molar-refractivity contribution is -0.125. The molecule has 0 spiro atoms. The minimum Gasteiger partial charge on any atom is -0.479 e. The van der Waals surface area contributed by atoms with Crippen molar-refractivity contribution in [2.45, 2.75) is 45.6 Å². The summed E-state index contributed by atoms with van der Waals surface area (Å²) in [5, 5.41) is 0. The minimum absolute atomic E-state index is 0.0610. The Balaban J connectivity index is 1.31. The molecule has 0 saturated heterocycles. The highest BCUT2D eigenvalue weighted by atomic mass is 32.1. The van der Waals surface area contributed by atoms with Crippen molar-refractivity contribution in [1.29, 1.82) is 0 Å². The molecule has 2 aliphatic rings. The number of benzene rings is 1. The van der Waals surface area contributed by atoms with Gasteiger partial charge >= 0.3 is 0 Å². The van der Waals surface area contributed by atoms with Crippen LogP contribution >= 0.6 is 11.3 Å². The average molecular weight is 428 g/mol. The standard InChI is InChI=1S/C22H25N3O4S/c1-13-7-8-18-15(11-13)12-19(30-18)21(27)24-23-20(26)9-10-25-16-5-3-4-6-17(16)29-14(2)22(25)28/h3-6,12-14H,7-11H2,1-2H3,(H,23,26)(H,24,27)/t13-,14-/m0/s1. The fourth-order valence-corrected chi connectivity index (χ4v) is 4.97. The van der Waals surface area contributed by atoms with Gasteiger partial charge in [0.15, 0.2) is 6.10 Å². The number of nitrogens with one attached hydrogen (secondary N) is 2. The third kappa shape index (κ3) is 4.18. The highest BCUT2D eigenvalue weighted by Gasteiger charge is 2.31. The summed E-state index contributed by atoms with van der Waals surface area (Å²) in [6.45, 7) is 4.11. The van der Waals surface area contributed by atoms with E-state index in [0.29, 0.717) is 22.2 Å². The van der Waals surface area contributed by atoms with E-state index in [0.717, 1.165) is 19.3 Å². The Labute approximate surface area is 179 Å². The summed E-state index contributed by atoms with van der Waals surface area (Å²) < 4.78 is 5.60. The Morgan fingerprint density at radius 1 is 1.23 bits per heavy atom. The number of anilines is 1. The summed E-state index contributed by atoms with van der Waals surface area (Å²) in [6.07, 6.45) is 2.61. The summed E-state index contributed by atoms with van der Waals surface area (Å²) in [5.41, 5.74) is 6.84. The lowest BCUT2D eigenvalue weighted by Crippen LogP contribution is -2.47. The molecule has 0 fully saturated rings. The summed E-state index contributed by atoms with van der Waals surface area (Å²) in [7, 11) is 0. The molecule has 30 heavy (non-hydrogen) atoms. The number of carbonyl (C=O) groups excluding carboxylic acids is 3. The molecule has 2 atom stereocenters. The smallest absolute Gasteiger partial charge is 0.279 e. The van der Waals surface area contributed by atoms with Gasteiger partial charge in [0, 0.05) is 17.8 Å². The van der Waals surface area contributed by atoms with E-state index in [1.165, 1.54) is 21.8 Å². The fourth-order valence-electron chi connectivity index (χ4n) is 3.87. The maximum atomic E-state index is 12.5. The molecule has 8 heteroatoms. The normalized spacial score (nSPS) is 20.1. The zero-order valence-corrected chi connectivity index (χ0v) is 17.9. The van der Waals surface area contributed by atoms with Gasteiger partial charge in [-0.3, -0.25) is 25.2 Å². The lowest BCUT2D eigenvalue weighted by Gasteiger charge is -2.32. The number of nitrogens with zero attached hydrogens (tertiary/aromatic N) is 1. The molecular weight excluding hydrogens is 402 g/mol. The Morgan fingerprint density at radius 2 is 2.03 bits per heavy atom. The predicted octanol–water partition coefficient (Wildman–Crippen LogP) is 2.84. The Bertz CT molecular complexity index is 987. The van der Waals surface area contributed by atoms with Crippen LogP contribution in [0.1, 0.15) is 46.8 Å². The Morgan fingerprint density at radius 3 is 2.87 bits per heavy atom. The molecule has 1 aliphatic heterocycles. The summed E-state index contributed by atoms with van der Waals surface area (Å²) >= 11 is 1.50. The van der Waals surface area contributed by atoms with Gasteiger partial charge in [0.25, 0.3) is 11.8 Å². The van der Waals surface area contributed by atoms with Crippen molar-refractivity contribution in [3.05, 3.63) is 45.6 Å². The van der Waals surface area contributed by atoms with Crippen molar-refractivity contribution in [3.8, 4) is 5.75 Å². The van der Waals surface area contributed by atoms with Gasteiger partial charge in [-0.15, -0.1) is 11.3 Å². The van der Waals surface area contributed by atoms with Crippen LogP contribution in [0.4, 0.5) is 5.69 Å². The van der Waals surface area contributed by atoms with Gasteiger partial charge in [0.2, 0.25) is 5.91 Å². The maximum Gasteiger partial charge on any atom is 0.279 e. The topological polar surface area (TPSA) is 87.7 Å². The third-order valence-corrected chi connectivity index (χ3v) is 6.74. The Kier molecular flexibility index (Phi) is 5.76. The molecule has 0 radical (unpaired) electrons. The monoisotopic (exact) mass is 427 g/mol. The van der Waals surface area contributed by atoms with Gasteiger partial charge in [-0.05, 0) is 55.9 Å². The number of para-hydroxylation sites is 2. The van der Waals surface area contributed by atoms with Crippen molar-refractivity contribution in [3.63, 3.8) is 0 Å². The second-order valence-electron chi connectivity index (χ2n) is 7.88. The number of hydrogen-bond donors (Lipinski definition) is 2. The van der Waals surface area contributed by atoms with Gasteiger partial charge < -0.3 is 9.64 Å². The molecule has 7 nitrogen and oxygen atoms in total. The van der Waals surface area contributed by atoms with Crippen molar-refractivity contribution in [1.82, 2.24) is 10.9 Å². The van der Waals surface area contributed by atoms with Crippen molar-refractivity contribution < 1.29 is 19.1 Å². The molecule has 1 aliphatic carbocycles. The average Bonchev–Trinajstić information content (AvgIpc) is 3.15. The van der Waals surface area contributed by atoms with Crippen LogP contribution in [-0.4, -0.2) is 30.4 Å². The molecule has 2 N–H and O–H groups in total. The van der Waals surface area contributed by atoms with Gasteiger partial charge in [-0.25, -0.2) is 0 Å². The summed E-state index contributed by atoms with van der Waals surface area (Å²) in [4.78, 5) is 40.6. The molecule has 0 unspecified atom stereocenters. The van der Waals surface area contributed by atoms with E-state index in [1.807, 2.05) is 18.2 Å². The first kappa shape index (κ1) is 20.4. The van der Waals surface area contributed by atoms with E-state index in [9.17, 15) is 14.4 Å². The van der Waals surface area contributed by atoms with E-state index < -0.39 is 6.10 Å². The van der Waals surface area contributed by atoms with E-state index in [2.05, 4.69) is 17.8 Å². The molecule has 4 rings (SSSR count). The SMILES string of the molecule is C[C@H]1CCc2sc(C(=O)NNC(=O)CCN3C(=O)[C@H](C)Oc4ccccc43)cc2C1. The van der Waals surface area contributed by atoms with Crippen molar-refractivity contribution in [2.24, 2.45) is 5.92 Å². The number of hydrazine groups is 1. The van der Waals surface area contributed by atoms with Gasteiger partial charge in [-0.1, -0.05) is 19.1 Å². The van der Waals surface area contributed by atoms with Crippen LogP contribution < -0.4 is 20.5 Å². The van der Waals surface area contributed by atoms with Gasteiger partial charge in [-0.2, -0.15) is 0 Å². The van der Waals surface area contributed by atoms with Crippen LogP contribution in [0.3, 0.4) is 0 Å². The number of thiophene rings is 1. The first-order valence-corrected chi connectivity index (χ1v) is 11.0. The molecule has 3 amide bonds. The number of aryl methyl sites for hydroxylation is 1. The first-order chi connectivity index (χ1) is 14.4. The van der Waals surface area contributed by atoms with Crippen molar-refractivity contribution >= 4 is 34.7 Å². The number of carbonyl (C=O) groups is 3. The van der Waals surface area contributed by atoms with E-state index in [1.54, 1.807) is 24.0 Å². The largest absolute Gasteiger partial charge is 0.479 e. The predicted molar refractivity (Wildman–Crippen MR) is 115 cm³/mol. The molecule has 158 valence electrons. The second-order valence-corrected chi connectivity index (χ2v) is 9.01. The van der Waals surface area contributed by atoms with E-state index >= 15 is 0 Å². The van der Waals surface area contributed by atoms with Crippen LogP contribution in [-0.2, 0) is 22.4 Å². The quantitative estimate of drug-likeness (QED) is 0.735. The zero-order valence-electron chi connectivity index (χ0n) is 17.1. The first-order valence-electron chi connectivity index (χ1n) is 10.2. The fraction of sp³-hybridized carbons (Fsp3) is 0.409. The molecular formula is C22H25N3O4S. The summed E-state index contributed by atoms with van der Waals surface area (Å²) in [6, 6.07) is 9.18. The molecule has 2 aromatic rings. The van der Waals surface area contributed by atoms with Gasteiger partial charge in [0.1, 0.15) is 5.75 Å². The third-order valence-electron chi connectivity index (χ3n) is 5.50. The number of hydrogen-bond acceptors (Lipinski definition) is 5. The zero-order chi connectivity index (χ0) is 21.3. The lowest BCUT2D eigenvalue weighted by atomic mass is 9.90. The highest BCUT2D eigenvalue weighted by Crippen LogP contribution is 2.34. The number of fused-ring (bicyclic) bond motifs is 2. The molecule has 2 heterocycles. The summed E-state index contributed by atoms with van der Waals surface area (Å²) in [5.74, 6) is 0.399.